The quantitative estimate of drug-likeness (QED) is 0.313. The van der Waals surface area contributed by atoms with E-state index >= 15 is 0 Å². The predicted molar refractivity (Wildman–Crippen MR) is 110 cm³/mol. The van der Waals surface area contributed by atoms with E-state index < -0.39 is 0 Å². The highest BCUT2D eigenvalue weighted by Gasteiger charge is 2.08. The highest BCUT2D eigenvalue weighted by atomic mass is 16.5. The maximum Gasteiger partial charge on any atom is 0.253 e. The molecule has 4 N–H and O–H groups in total. The number of anilines is 3. The Hall–Kier alpha value is -5.63. The SMILES string of the molecule is C#CC#CC#CC#CC#CC#CC#CC#CC#CN(C)c1nc(NO)nc(NO)n1. The molecule has 1 aromatic rings. The highest BCUT2D eigenvalue weighted by molar-refractivity contribution is 5.49. The molecule has 0 aliphatic rings. The maximum absolute atomic E-state index is 8.84. The molecule has 1 heterocycles. The van der Waals surface area contributed by atoms with Crippen molar-refractivity contribution in [1.29, 1.82) is 0 Å². The summed E-state index contributed by atoms with van der Waals surface area (Å²) in [6, 6.07) is 2.62. The zero-order chi connectivity index (χ0) is 21.9. The topological polar surface area (TPSA) is 106 Å². The molecule has 8 heteroatoms. The van der Waals surface area contributed by atoms with Gasteiger partial charge < -0.3 is 0 Å². The summed E-state index contributed by atoms with van der Waals surface area (Å²) in [5, 5.41) is 17.7. The zero-order valence-corrected chi connectivity index (χ0v) is 15.3. The van der Waals surface area contributed by atoms with Gasteiger partial charge in [-0.2, -0.15) is 15.0 Å². The highest BCUT2D eigenvalue weighted by Crippen LogP contribution is 2.10. The Kier molecular flexibility index (Phi) is 10.9. The molecular formula is C22H8N6O2. The number of rotatable bonds is 3. The molecule has 0 aliphatic heterocycles. The van der Waals surface area contributed by atoms with Crippen LogP contribution in [0.1, 0.15) is 0 Å². The minimum atomic E-state index is -0.183. The molecule has 0 spiro atoms. The smallest absolute Gasteiger partial charge is 0.253 e. The third-order valence-electron chi connectivity index (χ3n) is 2.29. The van der Waals surface area contributed by atoms with Crippen molar-refractivity contribution >= 4 is 17.8 Å². The second-order valence-corrected chi connectivity index (χ2v) is 4.20. The van der Waals surface area contributed by atoms with Gasteiger partial charge in [-0.25, -0.2) is 11.0 Å². The first-order valence-electron chi connectivity index (χ1n) is 7.47. The summed E-state index contributed by atoms with van der Waals surface area (Å²) in [5.74, 6) is 38.6. The molecule has 0 amide bonds. The standard InChI is InChI=1S/C22H8N6O2/c1-3-4-5-6-7-8-9-10-11-12-13-14-15-16-17-18-19-28(2)22-24-20(26-29)23-21(25-22)27-30/h1,29-30H,2H3,(H2,23,24,25,26,27). The van der Waals surface area contributed by atoms with Crippen LogP contribution < -0.4 is 15.9 Å². The van der Waals surface area contributed by atoms with Crippen LogP contribution in [0.4, 0.5) is 17.8 Å². The number of nitrogens with one attached hydrogen (secondary N) is 2. The largest absolute Gasteiger partial charge is 0.288 e. The molecule has 138 valence electrons. The van der Waals surface area contributed by atoms with E-state index in [0.29, 0.717) is 0 Å². The van der Waals surface area contributed by atoms with Gasteiger partial charge in [0.05, 0.1) is 0 Å². The molecule has 0 unspecified atom stereocenters. The Morgan fingerprint density at radius 2 is 1.00 bits per heavy atom. The average Bonchev–Trinajstić information content (AvgIpc) is 2.78. The predicted octanol–water partition coefficient (Wildman–Crippen LogP) is -0.472. The van der Waals surface area contributed by atoms with E-state index in [0.717, 1.165) is 0 Å². The summed E-state index contributed by atoms with van der Waals surface area (Å²) in [4.78, 5) is 12.6. The van der Waals surface area contributed by atoms with E-state index in [4.69, 9.17) is 16.8 Å². The minimum Gasteiger partial charge on any atom is -0.288 e. The normalized spacial score (nSPS) is 6.33. The molecule has 0 atom stereocenters. The molecule has 1 aromatic heterocycles. The van der Waals surface area contributed by atoms with Crippen molar-refractivity contribution in [3.8, 4) is 107 Å². The Balaban J connectivity index is 2.63. The van der Waals surface area contributed by atoms with Crippen LogP contribution in [0.15, 0.2) is 0 Å². The van der Waals surface area contributed by atoms with Crippen molar-refractivity contribution < 1.29 is 10.4 Å². The van der Waals surface area contributed by atoms with E-state index in [1.54, 1.807) is 18.0 Å². The first-order valence-corrected chi connectivity index (χ1v) is 7.47. The van der Waals surface area contributed by atoms with Crippen LogP contribution in [-0.2, 0) is 0 Å². The van der Waals surface area contributed by atoms with Crippen LogP contribution >= 0.6 is 0 Å². The Bertz CT molecular complexity index is 1320. The van der Waals surface area contributed by atoms with Crippen LogP contribution in [0.25, 0.3) is 0 Å². The van der Waals surface area contributed by atoms with Crippen molar-refractivity contribution in [2.24, 2.45) is 0 Å². The second kappa shape index (κ2) is 14.5. The Morgan fingerprint density at radius 3 is 1.37 bits per heavy atom. The van der Waals surface area contributed by atoms with Gasteiger partial charge in [0, 0.05) is 60.5 Å². The lowest BCUT2D eigenvalue weighted by Gasteiger charge is -2.10. The van der Waals surface area contributed by atoms with E-state index in [-0.39, 0.29) is 17.8 Å². The van der Waals surface area contributed by atoms with Crippen LogP contribution in [0.3, 0.4) is 0 Å². The van der Waals surface area contributed by atoms with Crippen molar-refractivity contribution in [2.45, 2.75) is 0 Å². The van der Waals surface area contributed by atoms with Gasteiger partial charge in [-0.3, -0.25) is 15.3 Å². The second-order valence-electron chi connectivity index (χ2n) is 4.20. The molecule has 0 aromatic carbocycles. The van der Waals surface area contributed by atoms with Crippen LogP contribution in [-0.4, -0.2) is 32.4 Å². The zero-order valence-electron chi connectivity index (χ0n) is 15.3. The van der Waals surface area contributed by atoms with E-state index in [1.807, 2.05) is 0 Å². The summed E-state index contributed by atoms with van der Waals surface area (Å²) in [6.45, 7) is 0. The first kappa shape index (κ1) is 22.4. The molecule has 1 rings (SSSR count). The first-order chi connectivity index (χ1) is 14.7. The minimum absolute atomic E-state index is 0.0532. The van der Waals surface area contributed by atoms with Crippen LogP contribution in [0, 0.1) is 107 Å². The summed E-state index contributed by atoms with van der Waals surface area (Å²) >= 11 is 0. The number of hydrogen-bond acceptors (Lipinski definition) is 8. The molecule has 0 aliphatic carbocycles. The van der Waals surface area contributed by atoms with Crippen LogP contribution in [0.2, 0.25) is 0 Å². The molecule has 30 heavy (non-hydrogen) atoms. The van der Waals surface area contributed by atoms with Crippen molar-refractivity contribution in [3.63, 3.8) is 0 Å². The Morgan fingerprint density at radius 1 is 0.633 bits per heavy atom. The number of nitrogens with zero attached hydrogens (tertiary/aromatic N) is 4. The molecule has 0 saturated carbocycles. The molecular weight excluding hydrogens is 380 g/mol. The maximum atomic E-state index is 8.84. The lowest BCUT2D eigenvalue weighted by Crippen LogP contribution is -2.15. The van der Waals surface area contributed by atoms with Gasteiger partial charge in [0.15, 0.2) is 0 Å². The summed E-state index contributed by atoms with van der Waals surface area (Å²) in [6.07, 6.45) is 4.92. The lowest BCUT2D eigenvalue weighted by molar-refractivity contribution is 0.375. The molecule has 0 fully saturated rings. The fraction of sp³-hybridized carbons (Fsp3) is 0.0455. The average molecular weight is 388 g/mol. The van der Waals surface area contributed by atoms with E-state index in [9.17, 15) is 0 Å². The van der Waals surface area contributed by atoms with Gasteiger partial charge in [-0.1, -0.05) is 0 Å². The van der Waals surface area contributed by atoms with Gasteiger partial charge in [-0.15, -0.1) is 6.42 Å². The van der Waals surface area contributed by atoms with Gasteiger partial charge >= 0.3 is 0 Å². The van der Waals surface area contributed by atoms with E-state index in [2.05, 4.69) is 116 Å². The third kappa shape index (κ3) is 9.75. The van der Waals surface area contributed by atoms with Crippen LogP contribution in [0.5, 0.6) is 0 Å². The van der Waals surface area contributed by atoms with E-state index in [1.165, 1.54) is 4.90 Å². The number of hydrogen-bond donors (Lipinski definition) is 4. The van der Waals surface area contributed by atoms with Crippen molar-refractivity contribution in [3.05, 3.63) is 0 Å². The van der Waals surface area contributed by atoms with Gasteiger partial charge in [0.25, 0.3) is 11.9 Å². The molecule has 0 radical (unpaired) electrons. The Labute approximate surface area is 173 Å². The lowest BCUT2D eigenvalue weighted by atomic mass is 10.5. The van der Waals surface area contributed by atoms with Gasteiger partial charge in [0.1, 0.15) is 0 Å². The fourth-order valence-corrected chi connectivity index (χ4v) is 1.22. The molecule has 0 saturated heterocycles. The van der Waals surface area contributed by atoms with Gasteiger partial charge in [0.2, 0.25) is 5.95 Å². The summed E-state index contributed by atoms with van der Waals surface area (Å²) in [5.41, 5.74) is 3.48. The van der Waals surface area contributed by atoms with Crippen molar-refractivity contribution in [1.82, 2.24) is 15.0 Å². The third-order valence-corrected chi connectivity index (χ3v) is 2.29. The summed E-state index contributed by atoms with van der Waals surface area (Å²) < 4.78 is 0. The fourth-order valence-electron chi connectivity index (χ4n) is 1.22. The molecule has 0 bridgehead atoms. The summed E-state index contributed by atoms with van der Waals surface area (Å²) in [7, 11) is 1.54. The monoisotopic (exact) mass is 388 g/mol. The number of terminal acetylenes is 1. The van der Waals surface area contributed by atoms with Gasteiger partial charge in [-0.05, 0) is 47.4 Å². The van der Waals surface area contributed by atoms with Crippen molar-refractivity contribution in [2.75, 3.05) is 22.9 Å². The number of aromatic nitrogens is 3. The molecule has 8 nitrogen and oxygen atoms in total.